The van der Waals surface area contributed by atoms with Crippen LogP contribution in [-0.2, 0) is 4.74 Å². The minimum atomic E-state index is -0.171. The third-order valence-electron chi connectivity index (χ3n) is 4.01. The number of morpholine rings is 1. The van der Waals surface area contributed by atoms with Gasteiger partial charge in [0.1, 0.15) is 5.82 Å². The molecule has 22 heavy (non-hydrogen) atoms. The van der Waals surface area contributed by atoms with Gasteiger partial charge in [-0.2, -0.15) is 0 Å². The topological polar surface area (TPSA) is 15.7 Å². The van der Waals surface area contributed by atoms with Crippen LogP contribution in [0.4, 0.5) is 15.8 Å². The second kappa shape index (κ2) is 6.36. The molecular formula is C18H21FN2O. The first-order valence-corrected chi connectivity index (χ1v) is 7.55. The van der Waals surface area contributed by atoms with Gasteiger partial charge in [-0.05, 0) is 35.4 Å². The number of hydrogen-bond donors (Lipinski definition) is 0. The van der Waals surface area contributed by atoms with Gasteiger partial charge in [0.2, 0.25) is 0 Å². The predicted molar refractivity (Wildman–Crippen MR) is 89.2 cm³/mol. The maximum absolute atomic E-state index is 14.2. The molecule has 0 atom stereocenters. The van der Waals surface area contributed by atoms with E-state index in [4.69, 9.17) is 4.74 Å². The van der Waals surface area contributed by atoms with E-state index >= 15 is 0 Å². The van der Waals surface area contributed by atoms with Crippen molar-refractivity contribution in [3.63, 3.8) is 0 Å². The van der Waals surface area contributed by atoms with Crippen molar-refractivity contribution in [1.82, 2.24) is 0 Å². The average molecular weight is 300 g/mol. The zero-order valence-corrected chi connectivity index (χ0v) is 13.1. The molecule has 2 aromatic carbocycles. The minimum absolute atomic E-state index is 0.171. The Kier molecular flexibility index (Phi) is 4.29. The Morgan fingerprint density at radius 1 is 0.955 bits per heavy atom. The molecule has 3 rings (SSSR count). The highest BCUT2D eigenvalue weighted by atomic mass is 19.1. The van der Waals surface area contributed by atoms with E-state index in [2.05, 4.69) is 34.1 Å². The van der Waals surface area contributed by atoms with Crippen molar-refractivity contribution in [3.05, 3.63) is 48.3 Å². The molecule has 2 aromatic rings. The van der Waals surface area contributed by atoms with Crippen molar-refractivity contribution in [2.45, 2.75) is 0 Å². The molecule has 0 unspecified atom stereocenters. The van der Waals surface area contributed by atoms with E-state index in [1.165, 1.54) is 0 Å². The van der Waals surface area contributed by atoms with Crippen LogP contribution in [-0.4, -0.2) is 40.4 Å². The van der Waals surface area contributed by atoms with Crippen LogP contribution in [0.3, 0.4) is 0 Å². The molecule has 1 aliphatic rings. The van der Waals surface area contributed by atoms with Gasteiger partial charge in [-0.15, -0.1) is 0 Å². The number of anilines is 2. The number of hydrogen-bond acceptors (Lipinski definition) is 3. The van der Waals surface area contributed by atoms with E-state index in [0.717, 1.165) is 29.9 Å². The summed E-state index contributed by atoms with van der Waals surface area (Å²) in [6, 6.07) is 13.6. The van der Waals surface area contributed by atoms with Crippen molar-refractivity contribution in [3.8, 4) is 11.1 Å². The van der Waals surface area contributed by atoms with Gasteiger partial charge in [0.25, 0.3) is 0 Å². The van der Waals surface area contributed by atoms with Crippen LogP contribution in [0.2, 0.25) is 0 Å². The van der Waals surface area contributed by atoms with Crippen molar-refractivity contribution in [2.75, 3.05) is 50.2 Å². The molecule has 0 saturated carbocycles. The fraction of sp³-hybridized carbons (Fsp3) is 0.333. The highest BCUT2D eigenvalue weighted by Gasteiger charge is 2.16. The predicted octanol–water partition coefficient (Wildman–Crippen LogP) is 3.40. The smallest absolute Gasteiger partial charge is 0.146 e. The highest BCUT2D eigenvalue weighted by Crippen LogP contribution is 2.29. The molecule has 4 heteroatoms. The average Bonchev–Trinajstić information content (AvgIpc) is 2.56. The summed E-state index contributed by atoms with van der Waals surface area (Å²) in [6.07, 6.45) is 0. The van der Waals surface area contributed by atoms with Crippen molar-refractivity contribution < 1.29 is 9.13 Å². The Hall–Kier alpha value is -2.07. The Bertz CT molecular complexity index is 634. The van der Waals surface area contributed by atoms with Gasteiger partial charge in [0, 0.05) is 32.9 Å². The summed E-state index contributed by atoms with van der Waals surface area (Å²) in [5.41, 5.74) is 3.95. The molecular weight excluding hydrogens is 279 g/mol. The summed E-state index contributed by atoms with van der Waals surface area (Å²) in [4.78, 5) is 4.12. The Morgan fingerprint density at radius 3 is 2.23 bits per heavy atom. The van der Waals surface area contributed by atoms with Crippen molar-refractivity contribution in [1.29, 1.82) is 0 Å². The molecule has 0 aromatic heterocycles. The van der Waals surface area contributed by atoms with Gasteiger partial charge in [-0.25, -0.2) is 4.39 Å². The molecule has 0 aliphatic carbocycles. The number of benzene rings is 2. The van der Waals surface area contributed by atoms with Gasteiger partial charge in [0.05, 0.1) is 18.9 Å². The zero-order valence-electron chi connectivity index (χ0n) is 13.1. The molecule has 116 valence electrons. The lowest BCUT2D eigenvalue weighted by atomic mass is 10.0. The van der Waals surface area contributed by atoms with E-state index in [1.807, 2.05) is 26.2 Å². The lowest BCUT2D eigenvalue weighted by Crippen LogP contribution is -2.36. The second-order valence-electron chi connectivity index (χ2n) is 5.71. The third-order valence-corrected chi connectivity index (χ3v) is 4.01. The first-order valence-electron chi connectivity index (χ1n) is 7.55. The van der Waals surface area contributed by atoms with E-state index in [0.29, 0.717) is 18.9 Å². The van der Waals surface area contributed by atoms with E-state index in [9.17, 15) is 4.39 Å². The van der Waals surface area contributed by atoms with Crippen LogP contribution in [0.1, 0.15) is 0 Å². The van der Waals surface area contributed by atoms with Gasteiger partial charge >= 0.3 is 0 Å². The summed E-state index contributed by atoms with van der Waals surface area (Å²) in [5, 5.41) is 0. The van der Waals surface area contributed by atoms with Crippen LogP contribution in [0.5, 0.6) is 0 Å². The van der Waals surface area contributed by atoms with Crippen LogP contribution >= 0.6 is 0 Å². The Morgan fingerprint density at radius 2 is 1.59 bits per heavy atom. The monoisotopic (exact) mass is 300 g/mol. The molecule has 1 heterocycles. The van der Waals surface area contributed by atoms with Crippen molar-refractivity contribution >= 4 is 11.4 Å². The number of nitrogens with zero attached hydrogens (tertiary/aromatic N) is 2. The molecule has 0 amide bonds. The van der Waals surface area contributed by atoms with Gasteiger partial charge in [0.15, 0.2) is 0 Å². The molecule has 1 fully saturated rings. The van der Waals surface area contributed by atoms with E-state index in [-0.39, 0.29) is 5.82 Å². The third kappa shape index (κ3) is 3.07. The molecule has 1 aliphatic heterocycles. The standard InChI is InChI=1S/C18H21FN2O/c1-20(2)16-6-3-14(4-7-16)15-5-8-17(19)18(13-15)21-9-11-22-12-10-21/h3-8,13H,9-12H2,1-2H3. The fourth-order valence-corrected chi connectivity index (χ4v) is 2.69. The Labute approximate surface area is 130 Å². The molecule has 0 bridgehead atoms. The first-order chi connectivity index (χ1) is 10.6. The number of rotatable bonds is 3. The lowest BCUT2D eigenvalue weighted by Gasteiger charge is -2.29. The lowest BCUT2D eigenvalue weighted by molar-refractivity contribution is 0.122. The second-order valence-corrected chi connectivity index (χ2v) is 5.71. The van der Waals surface area contributed by atoms with Crippen LogP contribution in [0.15, 0.2) is 42.5 Å². The van der Waals surface area contributed by atoms with E-state index < -0.39 is 0 Å². The Balaban J connectivity index is 1.90. The molecule has 0 spiro atoms. The summed E-state index contributed by atoms with van der Waals surface area (Å²) in [5.74, 6) is -0.171. The molecule has 0 radical (unpaired) electrons. The first kappa shape index (κ1) is 14.9. The largest absolute Gasteiger partial charge is 0.378 e. The van der Waals surface area contributed by atoms with Gasteiger partial charge in [-0.3, -0.25) is 0 Å². The number of ether oxygens (including phenoxy) is 1. The van der Waals surface area contributed by atoms with Gasteiger partial charge < -0.3 is 14.5 Å². The normalized spacial score (nSPS) is 15.0. The van der Waals surface area contributed by atoms with Crippen LogP contribution < -0.4 is 9.80 Å². The zero-order chi connectivity index (χ0) is 15.5. The minimum Gasteiger partial charge on any atom is -0.378 e. The van der Waals surface area contributed by atoms with Crippen molar-refractivity contribution in [2.24, 2.45) is 0 Å². The van der Waals surface area contributed by atoms with Crippen LogP contribution in [0, 0.1) is 5.82 Å². The van der Waals surface area contributed by atoms with E-state index in [1.54, 1.807) is 6.07 Å². The van der Waals surface area contributed by atoms with Gasteiger partial charge in [-0.1, -0.05) is 18.2 Å². The maximum Gasteiger partial charge on any atom is 0.146 e. The molecule has 0 N–H and O–H groups in total. The summed E-state index contributed by atoms with van der Waals surface area (Å²) < 4.78 is 19.5. The highest BCUT2D eigenvalue weighted by molar-refractivity contribution is 5.70. The summed E-state index contributed by atoms with van der Waals surface area (Å²) in [6.45, 7) is 2.78. The maximum atomic E-state index is 14.2. The fourth-order valence-electron chi connectivity index (χ4n) is 2.69. The molecule has 1 saturated heterocycles. The summed E-state index contributed by atoms with van der Waals surface area (Å²) in [7, 11) is 4.03. The quantitative estimate of drug-likeness (QED) is 0.864. The van der Waals surface area contributed by atoms with Crippen LogP contribution in [0.25, 0.3) is 11.1 Å². The summed E-state index contributed by atoms with van der Waals surface area (Å²) >= 11 is 0. The molecule has 3 nitrogen and oxygen atoms in total. The number of halogens is 1. The SMILES string of the molecule is CN(C)c1ccc(-c2ccc(F)c(N3CCOCC3)c2)cc1.